The first-order chi connectivity index (χ1) is 14.3. The van der Waals surface area contributed by atoms with Gasteiger partial charge in [0, 0.05) is 30.7 Å². The quantitative estimate of drug-likeness (QED) is 0.355. The lowest BCUT2D eigenvalue weighted by atomic mass is 9.85. The largest absolute Gasteiger partial charge is 0.356 e. The van der Waals surface area contributed by atoms with Crippen LogP contribution in [0.2, 0.25) is 0 Å². The summed E-state index contributed by atoms with van der Waals surface area (Å²) in [6, 6.07) is 0.648. The summed E-state index contributed by atoms with van der Waals surface area (Å²) in [5.74, 6) is -0.715. The molecule has 2 fully saturated rings. The second-order valence-corrected chi connectivity index (χ2v) is 8.13. The van der Waals surface area contributed by atoms with E-state index >= 15 is 0 Å². The summed E-state index contributed by atoms with van der Waals surface area (Å²) in [6.07, 6.45) is 3.62. The van der Waals surface area contributed by atoms with E-state index in [0.29, 0.717) is 6.54 Å². The van der Waals surface area contributed by atoms with Crippen molar-refractivity contribution in [2.24, 2.45) is 5.92 Å². The van der Waals surface area contributed by atoms with Gasteiger partial charge in [-0.2, -0.15) is 5.10 Å². The Hall–Kier alpha value is -2.91. The SMILES string of the molecule is Cc1cc(C)n(CCCNC(=O)C2CCC(NC(=O)CC3NC(=O)NC3=O)CC2)n1. The Morgan fingerprint density at radius 3 is 2.53 bits per heavy atom. The fraction of sp³-hybridized carbons (Fsp3) is 0.650. The normalized spacial score (nSPS) is 23.6. The van der Waals surface area contributed by atoms with Gasteiger partial charge < -0.3 is 16.0 Å². The minimum absolute atomic E-state index is 0.00672. The summed E-state index contributed by atoms with van der Waals surface area (Å²) in [6.45, 7) is 5.38. The summed E-state index contributed by atoms with van der Waals surface area (Å²) >= 11 is 0. The number of rotatable bonds is 8. The molecule has 2 heterocycles. The van der Waals surface area contributed by atoms with Crippen LogP contribution < -0.4 is 21.3 Å². The van der Waals surface area contributed by atoms with Crippen molar-refractivity contribution in [1.82, 2.24) is 31.0 Å². The Balaban J connectivity index is 1.31. The number of aromatic nitrogens is 2. The van der Waals surface area contributed by atoms with Gasteiger partial charge in [0.2, 0.25) is 11.8 Å². The molecule has 4 N–H and O–H groups in total. The summed E-state index contributed by atoms with van der Waals surface area (Å²) in [7, 11) is 0. The Kier molecular flexibility index (Phi) is 7.07. The van der Waals surface area contributed by atoms with Crippen molar-refractivity contribution in [1.29, 1.82) is 0 Å². The number of aryl methyl sites for hydroxylation is 3. The molecule has 2 aliphatic rings. The first kappa shape index (κ1) is 21.8. The number of urea groups is 1. The van der Waals surface area contributed by atoms with E-state index in [9.17, 15) is 19.2 Å². The molecule has 5 amide bonds. The molecule has 10 heteroatoms. The van der Waals surface area contributed by atoms with Gasteiger partial charge in [-0.15, -0.1) is 0 Å². The number of hydrogen-bond acceptors (Lipinski definition) is 5. The summed E-state index contributed by atoms with van der Waals surface area (Å²) in [5.41, 5.74) is 2.12. The van der Waals surface area contributed by atoms with E-state index in [2.05, 4.69) is 26.4 Å². The number of carbonyl (C=O) groups is 4. The third-order valence-electron chi connectivity index (χ3n) is 5.66. The number of amides is 5. The minimum Gasteiger partial charge on any atom is -0.356 e. The van der Waals surface area contributed by atoms with Crippen LogP contribution in [-0.4, -0.2) is 52.2 Å². The van der Waals surface area contributed by atoms with Crippen LogP contribution in [-0.2, 0) is 20.9 Å². The van der Waals surface area contributed by atoms with Crippen LogP contribution in [0.4, 0.5) is 4.79 Å². The van der Waals surface area contributed by atoms with Gasteiger partial charge in [0.05, 0.1) is 12.1 Å². The molecular formula is C20H30N6O4. The highest BCUT2D eigenvalue weighted by Gasteiger charge is 2.32. The Bertz CT molecular complexity index is 812. The first-order valence-electron chi connectivity index (χ1n) is 10.5. The Morgan fingerprint density at radius 2 is 1.93 bits per heavy atom. The predicted molar refractivity (Wildman–Crippen MR) is 108 cm³/mol. The second-order valence-electron chi connectivity index (χ2n) is 8.13. The highest BCUT2D eigenvalue weighted by Crippen LogP contribution is 2.24. The number of imide groups is 1. The standard InChI is InChI=1S/C20H30N6O4/c1-12-10-13(2)26(25-12)9-3-8-21-18(28)14-4-6-15(7-5-14)22-17(27)11-16-19(29)24-20(30)23-16/h10,14-16H,3-9,11H2,1-2H3,(H,21,28)(H,22,27)(H2,23,24,29,30). The molecule has 1 aliphatic heterocycles. The maximum atomic E-state index is 12.4. The maximum absolute atomic E-state index is 12.4. The lowest BCUT2D eigenvalue weighted by Gasteiger charge is -2.28. The van der Waals surface area contributed by atoms with Gasteiger partial charge in [0.25, 0.3) is 5.91 Å². The summed E-state index contributed by atoms with van der Waals surface area (Å²) in [5, 5.41) is 14.9. The van der Waals surface area contributed by atoms with Crippen molar-refractivity contribution in [3.8, 4) is 0 Å². The zero-order valence-electron chi connectivity index (χ0n) is 17.5. The van der Waals surface area contributed by atoms with Gasteiger partial charge in [-0.05, 0) is 52.0 Å². The monoisotopic (exact) mass is 418 g/mol. The topological polar surface area (TPSA) is 134 Å². The molecule has 1 saturated heterocycles. The zero-order valence-corrected chi connectivity index (χ0v) is 17.5. The van der Waals surface area contributed by atoms with Crippen molar-refractivity contribution in [2.75, 3.05) is 6.54 Å². The van der Waals surface area contributed by atoms with Crippen LogP contribution >= 0.6 is 0 Å². The van der Waals surface area contributed by atoms with E-state index in [1.165, 1.54) is 0 Å². The third kappa shape index (κ3) is 5.80. The molecule has 30 heavy (non-hydrogen) atoms. The molecule has 3 rings (SSSR count). The Labute approximate surface area is 175 Å². The highest BCUT2D eigenvalue weighted by molar-refractivity contribution is 6.05. The van der Waals surface area contributed by atoms with E-state index in [0.717, 1.165) is 50.0 Å². The molecule has 1 saturated carbocycles. The summed E-state index contributed by atoms with van der Waals surface area (Å²) < 4.78 is 1.95. The van der Waals surface area contributed by atoms with Gasteiger partial charge in [0.15, 0.2) is 0 Å². The van der Waals surface area contributed by atoms with Crippen molar-refractivity contribution in [2.45, 2.75) is 71.0 Å². The van der Waals surface area contributed by atoms with Crippen LogP contribution in [0.5, 0.6) is 0 Å². The third-order valence-corrected chi connectivity index (χ3v) is 5.66. The predicted octanol–water partition coefficient (Wildman–Crippen LogP) is 0.279. The summed E-state index contributed by atoms with van der Waals surface area (Å²) in [4.78, 5) is 47.1. The van der Waals surface area contributed by atoms with Crippen molar-refractivity contribution in [3.05, 3.63) is 17.5 Å². The maximum Gasteiger partial charge on any atom is 0.322 e. The van der Waals surface area contributed by atoms with Crippen molar-refractivity contribution in [3.63, 3.8) is 0 Å². The van der Waals surface area contributed by atoms with Crippen molar-refractivity contribution >= 4 is 23.8 Å². The Morgan fingerprint density at radius 1 is 1.20 bits per heavy atom. The van der Waals surface area contributed by atoms with Crippen molar-refractivity contribution < 1.29 is 19.2 Å². The van der Waals surface area contributed by atoms with E-state index in [4.69, 9.17) is 0 Å². The van der Waals surface area contributed by atoms with Gasteiger partial charge in [-0.25, -0.2) is 4.79 Å². The number of nitrogens with zero attached hydrogens (tertiary/aromatic N) is 2. The molecule has 10 nitrogen and oxygen atoms in total. The smallest absolute Gasteiger partial charge is 0.322 e. The molecule has 0 radical (unpaired) electrons. The lowest BCUT2D eigenvalue weighted by molar-refractivity contribution is -0.127. The molecule has 164 valence electrons. The molecule has 1 aromatic rings. The molecule has 0 spiro atoms. The van der Waals surface area contributed by atoms with Gasteiger partial charge in [-0.1, -0.05) is 0 Å². The molecule has 1 unspecified atom stereocenters. The average molecular weight is 418 g/mol. The van der Waals surface area contributed by atoms with Gasteiger partial charge in [0.1, 0.15) is 6.04 Å². The molecule has 0 bridgehead atoms. The molecule has 1 aromatic heterocycles. The first-order valence-corrected chi connectivity index (χ1v) is 10.5. The van der Waals surface area contributed by atoms with E-state index < -0.39 is 18.0 Å². The minimum atomic E-state index is -0.811. The van der Waals surface area contributed by atoms with E-state index in [1.54, 1.807) is 0 Å². The zero-order chi connectivity index (χ0) is 21.7. The lowest BCUT2D eigenvalue weighted by Crippen LogP contribution is -2.43. The molecule has 0 aromatic carbocycles. The number of hydrogen-bond donors (Lipinski definition) is 4. The molecule has 1 aliphatic carbocycles. The molecule has 1 atom stereocenters. The van der Waals surface area contributed by atoms with Crippen LogP contribution in [0.1, 0.15) is 49.9 Å². The fourth-order valence-corrected chi connectivity index (χ4v) is 4.06. The van der Waals surface area contributed by atoms with Gasteiger partial charge >= 0.3 is 6.03 Å². The second kappa shape index (κ2) is 9.73. The van der Waals surface area contributed by atoms with Gasteiger partial charge in [-0.3, -0.25) is 24.4 Å². The number of carbonyl (C=O) groups excluding carboxylic acids is 4. The number of nitrogens with one attached hydrogen (secondary N) is 4. The van der Waals surface area contributed by atoms with E-state index in [-0.39, 0.29) is 30.2 Å². The van der Waals surface area contributed by atoms with Crippen LogP contribution in [0.3, 0.4) is 0 Å². The van der Waals surface area contributed by atoms with Crippen LogP contribution in [0.15, 0.2) is 6.07 Å². The highest BCUT2D eigenvalue weighted by atomic mass is 16.2. The van der Waals surface area contributed by atoms with E-state index in [1.807, 2.05) is 24.6 Å². The molecular weight excluding hydrogens is 388 g/mol. The van der Waals surface area contributed by atoms with Crippen LogP contribution in [0.25, 0.3) is 0 Å². The fourth-order valence-electron chi connectivity index (χ4n) is 4.06. The van der Waals surface area contributed by atoms with Crippen LogP contribution in [0, 0.1) is 19.8 Å². The average Bonchev–Trinajstić information content (AvgIpc) is 3.18.